The molecule has 7 nitrogen and oxygen atoms in total. The van der Waals surface area contributed by atoms with E-state index in [4.69, 9.17) is 23.2 Å². The summed E-state index contributed by atoms with van der Waals surface area (Å²) in [5, 5.41) is 4.04. The van der Waals surface area contributed by atoms with Gasteiger partial charge in [0.1, 0.15) is 12.1 Å². The molecule has 0 bridgehead atoms. The second kappa shape index (κ2) is 11.9. The predicted molar refractivity (Wildman–Crippen MR) is 158 cm³/mol. The van der Waals surface area contributed by atoms with Gasteiger partial charge in [0.05, 0.1) is 6.67 Å². The van der Waals surface area contributed by atoms with Crippen LogP contribution in [0.25, 0.3) is 0 Å². The van der Waals surface area contributed by atoms with Gasteiger partial charge in [0.15, 0.2) is 0 Å². The lowest BCUT2D eigenvalue weighted by molar-refractivity contribution is -0.137. The topological polar surface area (TPSA) is 73.0 Å². The summed E-state index contributed by atoms with van der Waals surface area (Å²) >= 11 is 12.2. The monoisotopic (exact) mass is 578 g/mol. The smallest absolute Gasteiger partial charge is 0.253 e. The molecule has 40 heavy (non-hydrogen) atoms. The van der Waals surface area contributed by atoms with Gasteiger partial charge in [-0.15, -0.1) is 0 Å². The molecular weight excluding hydrogens is 547 g/mol. The molecule has 1 spiro atoms. The molecule has 3 aromatic carbocycles. The highest BCUT2D eigenvalue weighted by molar-refractivity contribution is 6.35. The van der Waals surface area contributed by atoms with E-state index in [-0.39, 0.29) is 24.3 Å². The minimum atomic E-state index is -0.803. The van der Waals surface area contributed by atoms with Crippen molar-refractivity contribution in [3.8, 4) is 0 Å². The first-order valence-corrected chi connectivity index (χ1v) is 14.2. The third-order valence-electron chi connectivity index (χ3n) is 7.82. The van der Waals surface area contributed by atoms with Gasteiger partial charge in [0, 0.05) is 40.9 Å². The highest BCUT2D eigenvalue weighted by atomic mass is 35.5. The molecule has 0 atom stereocenters. The van der Waals surface area contributed by atoms with Gasteiger partial charge in [0.25, 0.3) is 11.8 Å². The van der Waals surface area contributed by atoms with Gasteiger partial charge in [-0.3, -0.25) is 14.4 Å². The second-order valence-corrected chi connectivity index (χ2v) is 11.3. The first-order valence-electron chi connectivity index (χ1n) is 13.5. The number of carbonyl (C=O) groups is 3. The first-order chi connectivity index (χ1) is 19.3. The van der Waals surface area contributed by atoms with E-state index in [1.54, 1.807) is 17.0 Å². The van der Waals surface area contributed by atoms with Crippen LogP contribution in [0.3, 0.4) is 0 Å². The molecule has 3 amide bonds. The lowest BCUT2D eigenvalue weighted by Crippen LogP contribution is -2.57. The Hall–Kier alpha value is -3.55. The highest BCUT2D eigenvalue weighted by Gasteiger charge is 2.54. The van der Waals surface area contributed by atoms with Crippen LogP contribution in [-0.2, 0) is 16.0 Å². The van der Waals surface area contributed by atoms with Crippen LogP contribution in [0.5, 0.6) is 0 Å². The van der Waals surface area contributed by atoms with Crippen molar-refractivity contribution in [1.29, 1.82) is 0 Å². The Morgan fingerprint density at radius 2 is 1.65 bits per heavy atom. The Labute approximate surface area is 244 Å². The second-order valence-electron chi connectivity index (χ2n) is 10.4. The van der Waals surface area contributed by atoms with Crippen LogP contribution < -0.4 is 10.2 Å². The molecule has 0 radical (unpaired) electrons. The normalized spacial score (nSPS) is 16.5. The summed E-state index contributed by atoms with van der Waals surface area (Å²) in [6, 6.07) is 22.7. The highest BCUT2D eigenvalue weighted by Crippen LogP contribution is 2.39. The molecule has 0 saturated carbocycles. The molecule has 9 heteroatoms. The number of anilines is 1. The lowest BCUT2D eigenvalue weighted by atomic mass is 9.85. The Morgan fingerprint density at radius 1 is 0.950 bits per heavy atom. The summed E-state index contributed by atoms with van der Waals surface area (Å²) in [5.41, 5.74) is 2.77. The van der Waals surface area contributed by atoms with Crippen LogP contribution in [0.4, 0.5) is 5.69 Å². The molecule has 0 unspecified atom stereocenters. The summed E-state index contributed by atoms with van der Waals surface area (Å²) in [4.78, 5) is 45.5. The van der Waals surface area contributed by atoms with Gasteiger partial charge in [0.2, 0.25) is 5.91 Å². The summed E-state index contributed by atoms with van der Waals surface area (Å²) in [7, 11) is 0. The van der Waals surface area contributed by atoms with Crippen molar-refractivity contribution in [2.45, 2.75) is 31.7 Å². The number of likely N-dealkylation sites (tertiary alicyclic amines) is 1. The van der Waals surface area contributed by atoms with Crippen molar-refractivity contribution >= 4 is 46.6 Å². The van der Waals surface area contributed by atoms with Gasteiger partial charge in [-0.25, -0.2) is 0 Å². The minimum Gasteiger partial charge on any atom is -0.354 e. The average Bonchev–Trinajstić information content (AvgIpc) is 3.21. The van der Waals surface area contributed by atoms with Crippen molar-refractivity contribution in [1.82, 2.24) is 15.1 Å². The number of piperidine rings is 1. The van der Waals surface area contributed by atoms with Crippen LogP contribution in [0.1, 0.15) is 34.3 Å². The summed E-state index contributed by atoms with van der Waals surface area (Å²) in [5.74, 6) is -0.325. The fraction of sp³-hybridized carbons (Fsp3) is 0.323. The van der Waals surface area contributed by atoms with Crippen molar-refractivity contribution in [3.05, 3.63) is 99.5 Å². The molecule has 5 rings (SSSR count). The number of hydrogen-bond donors (Lipinski definition) is 1. The van der Waals surface area contributed by atoms with Crippen molar-refractivity contribution in [2.24, 2.45) is 0 Å². The molecule has 1 N–H and O–H groups in total. The molecule has 2 fully saturated rings. The number of hydrogen-bond acceptors (Lipinski definition) is 4. The predicted octanol–water partition coefficient (Wildman–Crippen LogP) is 4.94. The number of para-hydroxylation sites is 1. The van der Waals surface area contributed by atoms with Crippen LogP contribution in [0.15, 0.2) is 72.8 Å². The molecule has 3 aromatic rings. The maximum atomic E-state index is 13.9. The fourth-order valence-electron chi connectivity index (χ4n) is 5.57. The number of nitrogens with zero attached hydrogens (tertiary/aromatic N) is 3. The van der Waals surface area contributed by atoms with Crippen molar-refractivity contribution in [2.75, 3.05) is 37.7 Å². The molecule has 2 saturated heterocycles. The summed E-state index contributed by atoms with van der Waals surface area (Å²) in [6.45, 7) is 3.58. The number of benzene rings is 3. The zero-order chi connectivity index (χ0) is 28.3. The number of amides is 3. The van der Waals surface area contributed by atoms with Gasteiger partial charge in [-0.1, -0.05) is 65.2 Å². The van der Waals surface area contributed by atoms with E-state index in [0.29, 0.717) is 61.2 Å². The SMILES string of the molecule is Cc1ccc(C(=O)N2CCC3(CC2)C(=O)N(CC(=O)NCCc2ccc(Cl)cc2Cl)CN3c2ccccc2)cc1. The van der Waals surface area contributed by atoms with Gasteiger partial charge >= 0.3 is 0 Å². The Morgan fingerprint density at radius 3 is 2.33 bits per heavy atom. The third kappa shape index (κ3) is 5.81. The Bertz CT molecular complexity index is 1390. The number of nitrogens with one attached hydrogen (secondary N) is 1. The standard InChI is InChI=1S/C31H32Cl2N4O3/c1-22-7-9-24(10-8-22)29(39)35-17-14-31(15-18-35)30(40)36(21-37(31)26-5-3-2-4-6-26)20-28(38)34-16-13-23-11-12-25(32)19-27(23)33/h2-12,19H,13-18,20-21H2,1H3,(H,34,38). The third-order valence-corrected chi connectivity index (χ3v) is 8.41. The van der Waals surface area contributed by atoms with Gasteiger partial charge in [-0.05, 0) is 68.1 Å². The summed E-state index contributed by atoms with van der Waals surface area (Å²) in [6.07, 6.45) is 1.54. The van der Waals surface area contributed by atoms with E-state index in [0.717, 1.165) is 16.8 Å². The molecular formula is C31H32Cl2N4O3. The van der Waals surface area contributed by atoms with Crippen molar-refractivity contribution < 1.29 is 14.4 Å². The van der Waals surface area contributed by atoms with Crippen LogP contribution in [-0.4, -0.2) is 65.9 Å². The number of halogens is 2. The zero-order valence-corrected chi connectivity index (χ0v) is 23.9. The van der Waals surface area contributed by atoms with Gasteiger partial charge in [-0.2, -0.15) is 0 Å². The lowest BCUT2D eigenvalue weighted by Gasteiger charge is -2.43. The van der Waals surface area contributed by atoms with E-state index in [1.807, 2.05) is 72.5 Å². The van der Waals surface area contributed by atoms with E-state index in [1.165, 1.54) is 0 Å². The van der Waals surface area contributed by atoms with E-state index >= 15 is 0 Å². The molecule has 2 aliphatic heterocycles. The number of aryl methyl sites for hydroxylation is 1. The van der Waals surface area contributed by atoms with Gasteiger partial charge < -0.3 is 20.0 Å². The minimum absolute atomic E-state index is 0.0245. The quantitative estimate of drug-likeness (QED) is 0.431. The molecule has 2 heterocycles. The Kier molecular flexibility index (Phi) is 8.33. The summed E-state index contributed by atoms with van der Waals surface area (Å²) < 4.78 is 0. The van der Waals surface area contributed by atoms with Crippen molar-refractivity contribution in [3.63, 3.8) is 0 Å². The zero-order valence-electron chi connectivity index (χ0n) is 22.4. The Balaban J connectivity index is 1.26. The van der Waals surface area contributed by atoms with Crippen LogP contribution in [0.2, 0.25) is 10.0 Å². The average molecular weight is 580 g/mol. The molecule has 0 aliphatic carbocycles. The molecule has 0 aromatic heterocycles. The van der Waals surface area contributed by atoms with Crippen LogP contribution in [0, 0.1) is 6.92 Å². The van der Waals surface area contributed by atoms with E-state index < -0.39 is 5.54 Å². The number of rotatable bonds is 7. The molecule has 2 aliphatic rings. The van der Waals surface area contributed by atoms with E-state index in [2.05, 4.69) is 10.2 Å². The maximum absolute atomic E-state index is 13.9. The van der Waals surface area contributed by atoms with Crippen LogP contribution >= 0.6 is 23.2 Å². The molecule has 208 valence electrons. The fourth-order valence-corrected chi connectivity index (χ4v) is 6.07. The first kappa shape index (κ1) is 28.0. The van der Waals surface area contributed by atoms with E-state index in [9.17, 15) is 14.4 Å². The number of carbonyl (C=O) groups excluding carboxylic acids is 3. The maximum Gasteiger partial charge on any atom is 0.253 e. The largest absolute Gasteiger partial charge is 0.354 e.